The number of benzene rings is 1. The zero-order valence-electron chi connectivity index (χ0n) is 12.4. The first kappa shape index (κ1) is 16.5. The maximum atomic E-state index is 12.8. The molecule has 0 saturated carbocycles. The molecule has 1 aromatic carbocycles. The summed E-state index contributed by atoms with van der Waals surface area (Å²) >= 11 is 0. The topological polar surface area (TPSA) is 41.8 Å². The average molecular weight is 315 g/mol. The second-order valence-corrected chi connectivity index (χ2v) is 5.24. The lowest BCUT2D eigenvalue weighted by Crippen LogP contribution is -3.16. The molecule has 1 N–H and O–H groups in total. The van der Waals surface area contributed by atoms with Crippen LogP contribution in [0.25, 0.3) is 0 Å². The van der Waals surface area contributed by atoms with E-state index in [-0.39, 0.29) is 12.1 Å². The Hall–Kier alpha value is -1.89. The van der Waals surface area contributed by atoms with E-state index in [9.17, 15) is 22.8 Å². The van der Waals surface area contributed by atoms with E-state index >= 15 is 0 Å². The van der Waals surface area contributed by atoms with Crippen molar-refractivity contribution in [2.24, 2.45) is 0 Å². The molecule has 1 fully saturated rings. The number of carbonyl (C=O) groups is 2. The van der Waals surface area contributed by atoms with Gasteiger partial charge in [-0.3, -0.25) is 9.59 Å². The van der Waals surface area contributed by atoms with E-state index in [0.29, 0.717) is 13.1 Å². The van der Waals surface area contributed by atoms with Gasteiger partial charge in [-0.1, -0.05) is 6.07 Å². The zero-order valence-corrected chi connectivity index (χ0v) is 12.4. The molecule has 0 aliphatic carbocycles. The number of carbonyl (C=O) groups excluding carboxylic acids is 2. The largest absolute Gasteiger partial charge is 0.416 e. The van der Waals surface area contributed by atoms with Gasteiger partial charge in [-0.2, -0.15) is 13.2 Å². The zero-order chi connectivity index (χ0) is 16.5. The Kier molecular flexibility index (Phi) is 4.55. The minimum Gasteiger partial charge on any atom is -0.325 e. The maximum Gasteiger partial charge on any atom is 0.416 e. The maximum absolute atomic E-state index is 12.8. The molecule has 1 saturated heterocycles. The highest BCUT2D eigenvalue weighted by Gasteiger charge is 2.45. The number of nitrogens with zero attached hydrogens (tertiary/aromatic N) is 1. The summed E-state index contributed by atoms with van der Waals surface area (Å²) in [6, 6.07) is 3.80. The van der Waals surface area contributed by atoms with Gasteiger partial charge in [0.1, 0.15) is 0 Å². The van der Waals surface area contributed by atoms with Crippen LogP contribution in [-0.4, -0.2) is 30.9 Å². The summed E-state index contributed by atoms with van der Waals surface area (Å²) in [5, 5.41) is 0. The lowest BCUT2D eigenvalue weighted by molar-refractivity contribution is -0.911. The van der Waals surface area contributed by atoms with Gasteiger partial charge in [0.25, 0.3) is 5.91 Å². The molecule has 22 heavy (non-hydrogen) atoms. The van der Waals surface area contributed by atoms with Crippen molar-refractivity contribution >= 4 is 17.5 Å². The van der Waals surface area contributed by atoms with Crippen molar-refractivity contribution < 1.29 is 27.7 Å². The molecule has 0 aromatic heterocycles. The van der Waals surface area contributed by atoms with Crippen LogP contribution in [0.1, 0.15) is 25.8 Å². The van der Waals surface area contributed by atoms with Crippen molar-refractivity contribution in [1.29, 1.82) is 0 Å². The number of likely N-dealkylation sites (N-methyl/N-ethyl adjacent to an activating group) is 1. The number of hydrogen-bond donors (Lipinski definition) is 1. The fraction of sp³-hybridized carbons (Fsp3) is 0.467. The van der Waals surface area contributed by atoms with E-state index in [1.165, 1.54) is 12.1 Å². The quantitative estimate of drug-likeness (QED) is 0.850. The molecule has 7 heteroatoms. The highest BCUT2D eigenvalue weighted by molar-refractivity contribution is 6.21. The van der Waals surface area contributed by atoms with Crippen molar-refractivity contribution in [3.8, 4) is 0 Å². The molecular formula is C15H18F3N2O2+. The molecular weight excluding hydrogens is 297 g/mol. The lowest BCUT2D eigenvalue weighted by Gasteiger charge is -2.21. The van der Waals surface area contributed by atoms with Crippen LogP contribution in [0.3, 0.4) is 0 Å². The highest BCUT2D eigenvalue weighted by atomic mass is 19.4. The molecule has 120 valence electrons. The fourth-order valence-electron chi connectivity index (χ4n) is 2.79. The minimum atomic E-state index is -4.51. The van der Waals surface area contributed by atoms with Crippen molar-refractivity contribution in [2.75, 3.05) is 18.0 Å². The number of amides is 2. The van der Waals surface area contributed by atoms with Crippen LogP contribution in [0.2, 0.25) is 0 Å². The number of imide groups is 1. The van der Waals surface area contributed by atoms with E-state index in [4.69, 9.17) is 0 Å². The van der Waals surface area contributed by atoms with Crippen molar-refractivity contribution in [3.63, 3.8) is 0 Å². The van der Waals surface area contributed by atoms with Gasteiger partial charge in [-0.25, -0.2) is 4.90 Å². The standard InChI is InChI=1S/C15H17F3N2O2/c1-3-19(4-2)12-9-13(21)20(14(12)22)11-7-5-6-10(8-11)15(16,17)18/h5-8,12H,3-4,9H2,1-2H3/p+1/t12-/m1/s1. The van der Waals surface area contributed by atoms with Crippen LogP contribution in [0.15, 0.2) is 24.3 Å². The summed E-state index contributed by atoms with van der Waals surface area (Å²) in [4.78, 5) is 26.4. The summed E-state index contributed by atoms with van der Waals surface area (Å²) in [7, 11) is 0. The first-order valence-electron chi connectivity index (χ1n) is 7.18. The van der Waals surface area contributed by atoms with Crippen LogP contribution in [0, 0.1) is 0 Å². The number of alkyl halides is 3. The van der Waals surface area contributed by atoms with Gasteiger partial charge in [0.05, 0.1) is 30.8 Å². The van der Waals surface area contributed by atoms with Crippen molar-refractivity contribution in [3.05, 3.63) is 29.8 Å². The molecule has 1 aliphatic rings. The predicted octanol–water partition coefficient (Wildman–Crippen LogP) is 1.26. The van der Waals surface area contributed by atoms with Gasteiger partial charge in [0, 0.05) is 0 Å². The molecule has 1 aromatic rings. The number of quaternary nitrogens is 1. The van der Waals surface area contributed by atoms with Gasteiger partial charge in [-0.05, 0) is 32.0 Å². The van der Waals surface area contributed by atoms with Gasteiger partial charge in [0.2, 0.25) is 5.91 Å². The first-order valence-corrected chi connectivity index (χ1v) is 7.18. The van der Waals surface area contributed by atoms with E-state index in [1.54, 1.807) is 0 Å². The Morgan fingerprint density at radius 2 is 1.86 bits per heavy atom. The third-order valence-electron chi connectivity index (χ3n) is 3.98. The monoisotopic (exact) mass is 315 g/mol. The third-order valence-corrected chi connectivity index (χ3v) is 3.98. The number of rotatable bonds is 4. The van der Waals surface area contributed by atoms with Gasteiger partial charge in [0.15, 0.2) is 6.04 Å². The van der Waals surface area contributed by atoms with E-state index < -0.39 is 29.6 Å². The van der Waals surface area contributed by atoms with E-state index in [0.717, 1.165) is 21.9 Å². The van der Waals surface area contributed by atoms with Crippen LogP contribution in [0.4, 0.5) is 18.9 Å². The van der Waals surface area contributed by atoms with Crippen LogP contribution < -0.4 is 9.80 Å². The summed E-state index contributed by atoms with van der Waals surface area (Å²) in [6.45, 7) is 5.17. The van der Waals surface area contributed by atoms with Gasteiger partial charge in [-0.15, -0.1) is 0 Å². The average Bonchev–Trinajstić information content (AvgIpc) is 2.75. The molecule has 2 amide bonds. The molecule has 1 heterocycles. The van der Waals surface area contributed by atoms with Crippen molar-refractivity contribution in [2.45, 2.75) is 32.5 Å². The Morgan fingerprint density at radius 3 is 2.41 bits per heavy atom. The fourth-order valence-corrected chi connectivity index (χ4v) is 2.79. The van der Waals surface area contributed by atoms with Crippen LogP contribution in [0.5, 0.6) is 0 Å². The molecule has 1 aliphatic heterocycles. The van der Waals surface area contributed by atoms with Gasteiger partial charge >= 0.3 is 6.18 Å². The van der Waals surface area contributed by atoms with Gasteiger partial charge < -0.3 is 4.90 Å². The summed E-state index contributed by atoms with van der Waals surface area (Å²) in [5.41, 5.74) is -0.886. The Bertz CT molecular complexity index is 582. The first-order chi connectivity index (χ1) is 10.3. The number of anilines is 1. The molecule has 0 spiro atoms. The molecule has 1 atom stereocenters. The summed E-state index contributed by atoms with van der Waals surface area (Å²) in [6.07, 6.45) is -4.47. The lowest BCUT2D eigenvalue weighted by atomic mass is 10.2. The smallest absolute Gasteiger partial charge is 0.325 e. The highest BCUT2D eigenvalue weighted by Crippen LogP contribution is 2.32. The molecule has 4 nitrogen and oxygen atoms in total. The van der Waals surface area contributed by atoms with E-state index in [2.05, 4.69) is 0 Å². The number of hydrogen-bond acceptors (Lipinski definition) is 2. The molecule has 2 rings (SSSR count). The summed E-state index contributed by atoms with van der Waals surface area (Å²) in [5.74, 6) is -0.878. The molecule has 0 radical (unpaired) electrons. The number of halogens is 3. The Balaban J connectivity index is 2.33. The second kappa shape index (κ2) is 6.08. The summed E-state index contributed by atoms with van der Waals surface area (Å²) < 4.78 is 38.3. The Labute approximate surface area is 126 Å². The van der Waals surface area contributed by atoms with Crippen LogP contribution >= 0.6 is 0 Å². The third kappa shape index (κ3) is 2.99. The molecule has 0 bridgehead atoms. The minimum absolute atomic E-state index is 0.0149. The Morgan fingerprint density at radius 1 is 1.23 bits per heavy atom. The normalized spacial score (nSPS) is 19.4. The van der Waals surface area contributed by atoms with E-state index in [1.807, 2.05) is 13.8 Å². The van der Waals surface area contributed by atoms with Crippen LogP contribution in [-0.2, 0) is 15.8 Å². The predicted molar refractivity (Wildman–Crippen MR) is 74.4 cm³/mol. The van der Waals surface area contributed by atoms with Crippen molar-refractivity contribution in [1.82, 2.24) is 0 Å². The second-order valence-electron chi connectivity index (χ2n) is 5.24. The molecule has 0 unspecified atom stereocenters. The number of nitrogens with one attached hydrogen (secondary N) is 1. The SMILES string of the molecule is CC[NH+](CC)[C@@H]1CC(=O)N(c2cccc(C(F)(F)F)c2)C1=O.